The number of amides is 1. The van der Waals surface area contributed by atoms with Crippen molar-refractivity contribution in [1.82, 2.24) is 5.32 Å². The van der Waals surface area contributed by atoms with Crippen LogP contribution in [-0.2, 0) is 16.1 Å². The molecule has 6 heteroatoms. The van der Waals surface area contributed by atoms with Crippen molar-refractivity contribution in [3.05, 3.63) is 35.3 Å². The van der Waals surface area contributed by atoms with Crippen LogP contribution in [0.25, 0.3) is 11.0 Å². The summed E-state index contributed by atoms with van der Waals surface area (Å²) in [5.41, 5.74) is 0.00829. The molecule has 0 unspecified atom stereocenters. The fourth-order valence-corrected chi connectivity index (χ4v) is 2.41. The van der Waals surface area contributed by atoms with E-state index in [1.54, 1.807) is 6.92 Å². The highest BCUT2D eigenvalue weighted by atomic mass is 19.1. The van der Waals surface area contributed by atoms with Crippen LogP contribution in [0, 0.1) is 18.2 Å². The quantitative estimate of drug-likeness (QED) is 0.847. The van der Waals surface area contributed by atoms with E-state index in [1.165, 1.54) is 18.2 Å². The molecule has 0 atom stereocenters. The number of aryl methyl sites for hydroxylation is 1. The summed E-state index contributed by atoms with van der Waals surface area (Å²) >= 11 is 0. The molecule has 1 aromatic heterocycles. The number of hydrogen-bond acceptors (Lipinski definition) is 3. The number of furan rings is 1. The van der Waals surface area contributed by atoms with Crippen molar-refractivity contribution in [1.29, 1.82) is 0 Å². The van der Waals surface area contributed by atoms with Crippen LogP contribution >= 0.6 is 0 Å². The molecule has 1 aromatic carbocycles. The van der Waals surface area contributed by atoms with Crippen LogP contribution in [0.4, 0.5) is 4.39 Å². The van der Waals surface area contributed by atoms with Crippen LogP contribution in [0.5, 0.6) is 0 Å². The topological polar surface area (TPSA) is 79.5 Å². The van der Waals surface area contributed by atoms with Gasteiger partial charge in [0, 0.05) is 10.9 Å². The number of benzene rings is 1. The van der Waals surface area contributed by atoms with E-state index in [9.17, 15) is 14.0 Å². The molecule has 21 heavy (non-hydrogen) atoms. The van der Waals surface area contributed by atoms with E-state index < -0.39 is 17.3 Å². The van der Waals surface area contributed by atoms with Crippen molar-refractivity contribution in [2.75, 3.05) is 0 Å². The second kappa shape index (κ2) is 4.58. The van der Waals surface area contributed by atoms with Gasteiger partial charge in [0.1, 0.15) is 22.6 Å². The number of carboxylic acids is 1. The van der Waals surface area contributed by atoms with Gasteiger partial charge in [-0.1, -0.05) is 0 Å². The molecule has 110 valence electrons. The van der Waals surface area contributed by atoms with Gasteiger partial charge in [0.05, 0.1) is 6.54 Å². The SMILES string of the molecule is Cc1c(CNC(=O)C2(C(=O)O)CC2)oc2ccc(F)cc12. The minimum absolute atomic E-state index is 0.0932. The van der Waals surface area contributed by atoms with E-state index in [4.69, 9.17) is 9.52 Å². The van der Waals surface area contributed by atoms with Gasteiger partial charge in [0.15, 0.2) is 0 Å². The number of halogens is 1. The largest absolute Gasteiger partial charge is 0.480 e. The Morgan fingerprint density at radius 2 is 2.14 bits per heavy atom. The van der Waals surface area contributed by atoms with Gasteiger partial charge >= 0.3 is 5.97 Å². The first kappa shape index (κ1) is 13.6. The number of hydrogen-bond donors (Lipinski definition) is 2. The molecule has 0 saturated heterocycles. The summed E-state index contributed by atoms with van der Waals surface area (Å²) in [4.78, 5) is 23.0. The van der Waals surface area contributed by atoms with Crippen molar-refractivity contribution in [3.63, 3.8) is 0 Å². The maximum absolute atomic E-state index is 13.2. The van der Waals surface area contributed by atoms with E-state index in [0.717, 1.165) is 5.56 Å². The van der Waals surface area contributed by atoms with E-state index in [0.29, 0.717) is 29.6 Å². The Bertz CT molecular complexity index is 745. The third-order valence-corrected chi connectivity index (χ3v) is 4.00. The highest BCUT2D eigenvalue weighted by Crippen LogP contribution is 2.46. The van der Waals surface area contributed by atoms with E-state index in [2.05, 4.69) is 5.32 Å². The molecule has 1 aliphatic rings. The van der Waals surface area contributed by atoms with E-state index in [-0.39, 0.29) is 12.4 Å². The lowest BCUT2D eigenvalue weighted by Crippen LogP contribution is -2.36. The second-order valence-electron chi connectivity index (χ2n) is 5.36. The summed E-state index contributed by atoms with van der Waals surface area (Å²) in [6, 6.07) is 4.21. The van der Waals surface area contributed by atoms with Crippen LogP contribution in [0.2, 0.25) is 0 Å². The summed E-state index contributed by atoms with van der Waals surface area (Å²) in [5, 5.41) is 12.3. The molecule has 0 spiro atoms. The number of aliphatic carboxylic acids is 1. The minimum atomic E-state index is -1.27. The molecular formula is C15H14FNO4. The normalized spacial score (nSPS) is 15.9. The smallest absolute Gasteiger partial charge is 0.319 e. The standard InChI is InChI=1S/C15H14FNO4/c1-8-10-6-9(16)2-3-11(10)21-12(8)7-17-13(18)15(4-5-15)14(19)20/h2-3,6H,4-5,7H2,1H3,(H,17,18)(H,19,20). The zero-order chi connectivity index (χ0) is 15.2. The predicted molar refractivity (Wildman–Crippen MR) is 72.1 cm³/mol. The molecule has 1 aliphatic carbocycles. The average Bonchev–Trinajstić information content (AvgIpc) is 3.20. The van der Waals surface area contributed by atoms with Gasteiger partial charge in [0.25, 0.3) is 0 Å². The van der Waals surface area contributed by atoms with Crippen molar-refractivity contribution in [3.8, 4) is 0 Å². The Morgan fingerprint density at radius 3 is 2.76 bits per heavy atom. The first-order valence-corrected chi connectivity index (χ1v) is 6.63. The number of fused-ring (bicyclic) bond motifs is 1. The molecule has 0 radical (unpaired) electrons. The Balaban J connectivity index is 1.78. The monoisotopic (exact) mass is 291 g/mol. The summed E-state index contributed by atoms with van der Waals surface area (Å²) in [5.74, 6) is -1.45. The van der Waals surface area contributed by atoms with E-state index >= 15 is 0 Å². The maximum atomic E-state index is 13.2. The fraction of sp³-hybridized carbons (Fsp3) is 0.333. The Hall–Kier alpha value is -2.37. The maximum Gasteiger partial charge on any atom is 0.319 e. The average molecular weight is 291 g/mol. The predicted octanol–water partition coefficient (Wildman–Crippen LogP) is 2.36. The molecule has 0 bridgehead atoms. The van der Waals surface area contributed by atoms with E-state index in [1.807, 2.05) is 0 Å². The number of carboxylic acid groups (broad SMARTS) is 1. The fourth-order valence-electron chi connectivity index (χ4n) is 2.41. The summed E-state index contributed by atoms with van der Waals surface area (Å²) in [7, 11) is 0. The summed E-state index contributed by atoms with van der Waals surface area (Å²) in [6.45, 7) is 1.87. The lowest BCUT2D eigenvalue weighted by Gasteiger charge is -2.09. The summed E-state index contributed by atoms with van der Waals surface area (Å²) in [6.07, 6.45) is 0.719. The highest BCUT2D eigenvalue weighted by molar-refractivity contribution is 6.04. The van der Waals surface area contributed by atoms with Gasteiger partial charge < -0.3 is 14.8 Å². The second-order valence-corrected chi connectivity index (χ2v) is 5.36. The third-order valence-electron chi connectivity index (χ3n) is 4.00. The molecule has 1 saturated carbocycles. The number of carbonyl (C=O) groups is 2. The zero-order valence-corrected chi connectivity index (χ0v) is 11.4. The molecule has 3 rings (SSSR count). The lowest BCUT2D eigenvalue weighted by atomic mass is 10.1. The van der Waals surface area contributed by atoms with Gasteiger partial charge in [0.2, 0.25) is 5.91 Å². The van der Waals surface area contributed by atoms with Crippen molar-refractivity contribution in [2.45, 2.75) is 26.3 Å². The Labute approximate surface area is 119 Å². The van der Waals surface area contributed by atoms with Crippen LogP contribution in [0.3, 0.4) is 0 Å². The Kier molecular flexibility index (Phi) is 2.97. The van der Waals surface area contributed by atoms with Gasteiger partial charge in [-0.2, -0.15) is 0 Å². The van der Waals surface area contributed by atoms with Crippen LogP contribution in [0.1, 0.15) is 24.2 Å². The number of carbonyl (C=O) groups excluding carboxylic acids is 1. The number of rotatable bonds is 4. The van der Waals surface area contributed by atoms with Crippen LogP contribution < -0.4 is 5.32 Å². The van der Waals surface area contributed by atoms with Gasteiger partial charge in [-0.25, -0.2) is 4.39 Å². The first-order chi connectivity index (χ1) is 9.94. The third kappa shape index (κ3) is 2.16. The lowest BCUT2D eigenvalue weighted by molar-refractivity contribution is -0.149. The molecule has 5 nitrogen and oxygen atoms in total. The van der Waals surface area contributed by atoms with Gasteiger partial charge in [-0.15, -0.1) is 0 Å². The summed E-state index contributed by atoms with van der Waals surface area (Å²) < 4.78 is 18.8. The van der Waals surface area contributed by atoms with Gasteiger partial charge in [-0.3, -0.25) is 9.59 Å². The molecule has 2 N–H and O–H groups in total. The molecule has 1 fully saturated rings. The number of nitrogens with one attached hydrogen (secondary N) is 1. The van der Waals surface area contributed by atoms with Gasteiger partial charge in [-0.05, 0) is 38.0 Å². The molecule has 1 heterocycles. The van der Waals surface area contributed by atoms with Crippen molar-refractivity contribution in [2.24, 2.45) is 5.41 Å². The first-order valence-electron chi connectivity index (χ1n) is 6.63. The zero-order valence-electron chi connectivity index (χ0n) is 11.4. The highest BCUT2D eigenvalue weighted by Gasteiger charge is 2.57. The minimum Gasteiger partial charge on any atom is -0.480 e. The van der Waals surface area contributed by atoms with Crippen LogP contribution in [-0.4, -0.2) is 17.0 Å². The molecule has 2 aromatic rings. The molecule has 1 amide bonds. The van der Waals surface area contributed by atoms with Crippen molar-refractivity contribution >= 4 is 22.8 Å². The molecule has 0 aliphatic heterocycles. The molecular weight excluding hydrogens is 277 g/mol. The van der Waals surface area contributed by atoms with Crippen LogP contribution in [0.15, 0.2) is 22.6 Å². The van der Waals surface area contributed by atoms with Crippen molar-refractivity contribution < 1.29 is 23.5 Å². The Morgan fingerprint density at radius 1 is 1.43 bits per heavy atom.